The van der Waals surface area contributed by atoms with Crippen molar-refractivity contribution in [2.45, 2.75) is 25.9 Å². The van der Waals surface area contributed by atoms with Crippen LogP contribution >= 0.6 is 11.6 Å². The maximum absolute atomic E-state index is 7.02. The number of anilines is 1. The number of hydrogen-bond acceptors (Lipinski definition) is 6. The van der Waals surface area contributed by atoms with Crippen LogP contribution < -0.4 is 19.1 Å². The molecule has 0 radical (unpaired) electrons. The molecule has 0 saturated carbocycles. The molecule has 6 rings (SSSR count). The Bertz CT molecular complexity index is 1630. The van der Waals surface area contributed by atoms with Gasteiger partial charge in [0, 0.05) is 30.3 Å². The topological polar surface area (TPSA) is 53.1 Å². The molecule has 1 aliphatic rings. The summed E-state index contributed by atoms with van der Waals surface area (Å²) in [5, 5.41) is 0.498. The molecule has 1 fully saturated rings. The molecular formula is C36H33ClN2O4. The van der Waals surface area contributed by atoms with E-state index in [-0.39, 0.29) is 6.10 Å². The van der Waals surface area contributed by atoms with E-state index in [1.54, 1.807) is 7.11 Å². The molecule has 7 heteroatoms. The van der Waals surface area contributed by atoms with Gasteiger partial charge in [0.25, 0.3) is 0 Å². The average molecular weight is 593 g/mol. The van der Waals surface area contributed by atoms with Gasteiger partial charge in [0.15, 0.2) is 5.75 Å². The Morgan fingerprint density at radius 2 is 1.23 bits per heavy atom. The molecule has 6 nitrogen and oxygen atoms in total. The molecule has 0 amide bonds. The predicted molar refractivity (Wildman–Crippen MR) is 170 cm³/mol. The van der Waals surface area contributed by atoms with E-state index in [0.717, 1.165) is 41.0 Å². The molecule has 0 N–H and O–H groups in total. The molecule has 1 saturated heterocycles. The second kappa shape index (κ2) is 13.6. The summed E-state index contributed by atoms with van der Waals surface area (Å²) in [5.41, 5.74) is 5.71. The van der Waals surface area contributed by atoms with Gasteiger partial charge in [0.1, 0.15) is 13.2 Å². The number of methoxy groups -OCH3 is 1. The van der Waals surface area contributed by atoms with Gasteiger partial charge in [0.2, 0.25) is 11.8 Å². The molecule has 0 bridgehead atoms. The van der Waals surface area contributed by atoms with Gasteiger partial charge in [-0.15, -0.1) is 0 Å². The number of hydrogen-bond donors (Lipinski definition) is 0. The zero-order valence-corrected chi connectivity index (χ0v) is 24.7. The van der Waals surface area contributed by atoms with E-state index in [1.165, 1.54) is 5.56 Å². The number of pyridine rings is 1. The van der Waals surface area contributed by atoms with E-state index in [0.29, 0.717) is 42.4 Å². The Balaban J connectivity index is 1.21. The van der Waals surface area contributed by atoms with Crippen LogP contribution in [0.4, 0.5) is 5.69 Å². The maximum Gasteiger partial charge on any atom is 0.225 e. The number of aromatic nitrogens is 1. The van der Waals surface area contributed by atoms with Gasteiger partial charge in [-0.2, -0.15) is 4.98 Å². The quantitative estimate of drug-likeness (QED) is 0.146. The number of ether oxygens (including phenoxy) is 4. The molecule has 0 unspecified atom stereocenters. The van der Waals surface area contributed by atoms with Crippen LogP contribution in [0.25, 0.3) is 11.1 Å². The van der Waals surface area contributed by atoms with Crippen molar-refractivity contribution in [2.75, 3.05) is 25.1 Å². The molecule has 43 heavy (non-hydrogen) atoms. The first kappa shape index (κ1) is 28.6. The lowest BCUT2D eigenvalue weighted by Gasteiger charge is -2.41. The second-order valence-corrected chi connectivity index (χ2v) is 10.7. The van der Waals surface area contributed by atoms with E-state index in [1.807, 2.05) is 103 Å². The Morgan fingerprint density at radius 3 is 1.84 bits per heavy atom. The third-order valence-corrected chi connectivity index (χ3v) is 7.75. The van der Waals surface area contributed by atoms with Crippen LogP contribution in [-0.2, 0) is 24.6 Å². The van der Waals surface area contributed by atoms with Gasteiger partial charge in [0.05, 0.1) is 30.5 Å². The number of nitrogens with zero attached hydrogens (tertiary/aromatic N) is 2. The van der Waals surface area contributed by atoms with E-state index in [9.17, 15) is 0 Å². The molecule has 4 aromatic carbocycles. The van der Waals surface area contributed by atoms with Crippen LogP contribution in [0.5, 0.6) is 17.5 Å². The zero-order chi connectivity index (χ0) is 29.4. The summed E-state index contributed by atoms with van der Waals surface area (Å²) in [7, 11) is 1.64. The van der Waals surface area contributed by atoms with E-state index in [2.05, 4.69) is 17.0 Å². The summed E-state index contributed by atoms with van der Waals surface area (Å²) in [4.78, 5) is 6.96. The molecule has 0 aliphatic carbocycles. The summed E-state index contributed by atoms with van der Waals surface area (Å²) in [6.45, 7) is 2.88. The first-order valence-electron chi connectivity index (χ1n) is 14.3. The van der Waals surface area contributed by atoms with Crippen molar-refractivity contribution in [1.29, 1.82) is 0 Å². The van der Waals surface area contributed by atoms with E-state index < -0.39 is 0 Å². The van der Waals surface area contributed by atoms with Crippen LogP contribution in [0.15, 0.2) is 115 Å². The molecule has 0 atom stereocenters. The molecule has 1 aromatic heterocycles. The van der Waals surface area contributed by atoms with Crippen molar-refractivity contribution in [3.8, 4) is 28.6 Å². The van der Waals surface area contributed by atoms with E-state index in [4.69, 9.17) is 35.5 Å². The monoisotopic (exact) mass is 592 g/mol. The standard InChI is InChI=1S/C36H33ClN2O4/c1-40-35-32(39-21-29(22-39)41-23-26-11-5-2-6-12-26)19-17-30(34(35)37)31-18-20-33(42-24-27-13-7-3-8-14-27)38-36(31)43-25-28-15-9-4-10-16-28/h2-20,29H,21-25H2,1H3. The van der Waals surface area contributed by atoms with Crippen molar-refractivity contribution in [3.63, 3.8) is 0 Å². The fraction of sp³-hybridized carbons (Fsp3) is 0.194. The Labute approximate surface area is 257 Å². The number of rotatable bonds is 12. The highest BCUT2D eigenvalue weighted by Crippen LogP contribution is 2.45. The third kappa shape index (κ3) is 6.94. The van der Waals surface area contributed by atoms with Crippen molar-refractivity contribution in [3.05, 3.63) is 137 Å². The zero-order valence-electron chi connectivity index (χ0n) is 24.0. The average Bonchev–Trinajstić information content (AvgIpc) is 3.04. The SMILES string of the molecule is COc1c(N2CC(OCc3ccccc3)C2)ccc(-c2ccc(OCc3ccccc3)nc2OCc2ccccc2)c1Cl. The minimum atomic E-state index is 0.147. The van der Waals surface area contributed by atoms with Crippen molar-refractivity contribution in [2.24, 2.45) is 0 Å². The molecule has 1 aliphatic heterocycles. The predicted octanol–water partition coefficient (Wildman–Crippen LogP) is 7.97. The minimum absolute atomic E-state index is 0.147. The first-order chi connectivity index (χ1) is 21.2. The van der Waals surface area contributed by atoms with Crippen LogP contribution in [0, 0.1) is 0 Å². The van der Waals surface area contributed by atoms with Crippen LogP contribution in [0.1, 0.15) is 16.7 Å². The van der Waals surface area contributed by atoms with Crippen molar-refractivity contribution in [1.82, 2.24) is 4.98 Å². The number of benzene rings is 4. The van der Waals surface area contributed by atoms with Gasteiger partial charge in [-0.1, -0.05) is 109 Å². The van der Waals surface area contributed by atoms with Gasteiger partial charge < -0.3 is 23.8 Å². The van der Waals surface area contributed by atoms with Crippen molar-refractivity contribution >= 4 is 17.3 Å². The molecule has 218 valence electrons. The molecule has 5 aromatic rings. The highest BCUT2D eigenvalue weighted by Gasteiger charge is 2.31. The maximum atomic E-state index is 7.02. The normalized spacial score (nSPS) is 12.9. The summed E-state index contributed by atoms with van der Waals surface area (Å²) in [6.07, 6.45) is 0.147. The largest absolute Gasteiger partial charge is 0.493 e. The van der Waals surface area contributed by atoms with Crippen molar-refractivity contribution < 1.29 is 18.9 Å². The minimum Gasteiger partial charge on any atom is -0.493 e. The van der Waals surface area contributed by atoms with Crippen LogP contribution in [0.2, 0.25) is 5.02 Å². The summed E-state index contributed by atoms with van der Waals surface area (Å²) in [6, 6.07) is 38.0. The number of halogens is 1. The third-order valence-electron chi connectivity index (χ3n) is 7.37. The lowest BCUT2D eigenvalue weighted by Crippen LogP contribution is -2.52. The summed E-state index contributed by atoms with van der Waals surface area (Å²) in [5.74, 6) is 1.51. The summed E-state index contributed by atoms with van der Waals surface area (Å²) < 4.78 is 24.2. The van der Waals surface area contributed by atoms with Crippen LogP contribution in [0.3, 0.4) is 0 Å². The second-order valence-electron chi connectivity index (χ2n) is 10.4. The fourth-order valence-corrected chi connectivity index (χ4v) is 5.34. The molecule has 2 heterocycles. The van der Waals surface area contributed by atoms with Gasteiger partial charge >= 0.3 is 0 Å². The Hall–Kier alpha value is -4.52. The molecular weight excluding hydrogens is 560 g/mol. The first-order valence-corrected chi connectivity index (χ1v) is 14.7. The lowest BCUT2D eigenvalue weighted by molar-refractivity contribution is 0.0222. The fourth-order valence-electron chi connectivity index (χ4n) is 5.00. The molecule has 0 spiro atoms. The van der Waals surface area contributed by atoms with Gasteiger partial charge in [-0.3, -0.25) is 0 Å². The Morgan fingerprint density at radius 1 is 0.674 bits per heavy atom. The Kier molecular flexibility index (Phi) is 9.07. The van der Waals surface area contributed by atoms with Gasteiger partial charge in [-0.05, 0) is 28.8 Å². The van der Waals surface area contributed by atoms with Gasteiger partial charge in [-0.25, -0.2) is 0 Å². The van der Waals surface area contributed by atoms with E-state index >= 15 is 0 Å². The summed E-state index contributed by atoms with van der Waals surface area (Å²) >= 11 is 7.02. The highest BCUT2D eigenvalue weighted by atomic mass is 35.5. The van der Waals surface area contributed by atoms with Crippen LogP contribution in [-0.4, -0.2) is 31.3 Å². The highest BCUT2D eigenvalue weighted by molar-refractivity contribution is 6.35. The lowest BCUT2D eigenvalue weighted by atomic mass is 10.0. The smallest absolute Gasteiger partial charge is 0.225 e.